The molecule has 8 nitrogen and oxygen atoms in total. The first-order valence-corrected chi connectivity index (χ1v) is 9.09. The van der Waals surface area contributed by atoms with Crippen molar-refractivity contribution < 1.29 is 23.5 Å². The lowest BCUT2D eigenvalue weighted by Crippen LogP contribution is -2.26. The number of benzene rings is 2. The summed E-state index contributed by atoms with van der Waals surface area (Å²) < 4.78 is 24.2. The first-order chi connectivity index (χ1) is 14.5. The monoisotopic (exact) mass is 413 g/mol. The molecular formula is C21H20FN3O5. The minimum Gasteiger partial charge on any atom is -0.497 e. The van der Waals surface area contributed by atoms with Gasteiger partial charge in [-0.2, -0.15) is 0 Å². The van der Waals surface area contributed by atoms with Gasteiger partial charge in [0.2, 0.25) is 0 Å². The van der Waals surface area contributed by atoms with Crippen LogP contribution in [0.15, 0.2) is 53.5 Å². The van der Waals surface area contributed by atoms with Gasteiger partial charge in [-0.1, -0.05) is 0 Å². The summed E-state index contributed by atoms with van der Waals surface area (Å²) in [4.78, 5) is 36.1. The van der Waals surface area contributed by atoms with Gasteiger partial charge in [0, 0.05) is 17.3 Å². The minimum atomic E-state index is -0.693. The Hall–Kier alpha value is -3.72. The van der Waals surface area contributed by atoms with E-state index in [9.17, 15) is 14.0 Å². The van der Waals surface area contributed by atoms with Crippen LogP contribution in [0.3, 0.4) is 0 Å². The van der Waals surface area contributed by atoms with E-state index in [-0.39, 0.29) is 23.6 Å². The number of methoxy groups -OCH3 is 1. The Bertz CT molecular complexity index is 1080. The molecule has 0 aliphatic heterocycles. The Morgan fingerprint density at radius 1 is 1.17 bits per heavy atom. The molecule has 0 saturated heterocycles. The van der Waals surface area contributed by atoms with Gasteiger partial charge in [-0.25, -0.2) is 14.9 Å². The van der Waals surface area contributed by atoms with E-state index in [1.807, 2.05) is 6.92 Å². The number of halogens is 1. The highest BCUT2D eigenvalue weighted by atomic mass is 19.1. The molecule has 0 spiro atoms. The Morgan fingerprint density at radius 2 is 1.90 bits per heavy atom. The first kappa shape index (κ1) is 21.0. The fourth-order valence-electron chi connectivity index (χ4n) is 2.61. The molecule has 0 bridgehead atoms. The van der Waals surface area contributed by atoms with Crippen molar-refractivity contribution in [3.05, 3.63) is 76.1 Å². The maximum atomic E-state index is 13.8. The second kappa shape index (κ2) is 9.66. The standard InChI is InChI=1S/C21H20FN3O5/c1-3-29-15-6-4-13(5-7-15)19-21(27)23-11-18(24-19)20(26)25-30-12-14-10-16(28-2)8-9-17(14)22/h4-11H,3,12H2,1-2H3,(H,23,27)(H,25,26). The Kier molecular flexibility index (Phi) is 6.76. The highest BCUT2D eigenvalue weighted by Gasteiger charge is 2.13. The van der Waals surface area contributed by atoms with Crippen LogP contribution >= 0.6 is 0 Å². The quantitative estimate of drug-likeness (QED) is 0.551. The number of rotatable bonds is 8. The lowest BCUT2D eigenvalue weighted by Gasteiger charge is -2.09. The Morgan fingerprint density at radius 3 is 2.60 bits per heavy atom. The number of carbonyl (C=O) groups is 1. The summed E-state index contributed by atoms with van der Waals surface area (Å²) in [5, 5.41) is 0. The van der Waals surface area contributed by atoms with E-state index in [2.05, 4.69) is 15.4 Å². The van der Waals surface area contributed by atoms with Gasteiger partial charge in [0.05, 0.1) is 13.7 Å². The van der Waals surface area contributed by atoms with Gasteiger partial charge < -0.3 is 14.5 Å². The van der Waals surface area contributed by atoms with Crippen molar-refractivity contribution in [3.8, 4) is 22.8 Å². The van der Waals surface area contributed by atoms with Crippen LogP contribution in [-0.2, 0) is 11.4 Å². The molecule has 3 rings (SSSR count). The molecule has 1 aromatic heterocycles. The largest absolute Gasteiger partial charge is 0.497 e. The number of nitrogens with zero attached hydrogens (tertiary/aromatic N) is 1. The molecule has 30 heavy (non-hydrogen) atoms. The molecule has 2 N–H and O–H groups in total. The first-order valence-electron chi connectivity index (χ1n) is 9.09. The summed E-state index contributed by atoms with van der Waals surface area (Å²) in [6, 6.07) is 10.9. The maximum absolute atomic E-state index is 13.8. The van der Waals surface area contributed by atoms with Crippen molar-refractivity contribution >= 4 is 5.91 Å². The summed E-state index contributed by atoms with van der Waals surface area (Å²) >= 11 is 0. The van der Waals surface area contributed by atoms with Crippen molar-refractivity contribution in [2.75, 3.05) is 13.7 Å². The molecule has 3 aromatic rings. The molecule has 0 aliphatic carbocycles. The topological polar surface area (TPSA) is 103 Å². The number of hydrogen-bond donors (Lipinski definition) is 2. The van der Waals surface area contributed by atoms with Crippen LogP contribution in [-0.4, -0.2) is 29.6 Å². The summed E-state index contributed by atoms with van der Waals surface area (Å²) in [6.45, 7) is 2.17. The number of hydroxylamine groups is 1. The van der Waals surface area contributed by atoms with Crippen LogP contribution in [0.4, 0.5) is 4.39 Å². The van der Waals surface area contributed by atoms with Crippen LogP contribution in [0.5, 0.6) is 11.5 Å². The lowest BCUT2D eigenvalue weighted by molar-refractivity contribution is 0.0219. The van der Waals surface area contributed by atoms with Crippen molar-refractivity contribution in [2.24, 2.45) is 0 Å². The van der Waals surface area contributed by atoms with Crippen LogP contribution in [0.1, 0.15) is 23.0 Å². The summed E-state index contributed by atoms with van der Waals surface area (Å²) in [7, 11) is 1.46. The number of nitrogens with one attached hydrogen (secondary N) is 2. The fraction of sp³-hybridized carbons (Fsp3) is 0.190. The second-order valence-corrected chi connectivity index (χ2v) is 6.10. The van der Waals surface area contributed by atoms with E-state index in [1.54, 1.807) is 24.3 Å². The lowest BCUT2D eigenvalue weighted by atomic mass is 10.1. The van der Waals surface area contributed by atoms with Crippen molar-refractivity contribution in [3.63, 3.8) is 0 Å². The molecule has 156 valence electrons. The molecular weight excluding hydrogens is 393 g/mol. The predicted octanol–water partition coefficient (Wildman–Crippen LogP) is 2.84. The molecule has 0 fully saturated rings. The van der Waals surface area contributed by atoms with Gasteiger partial charge in [0.15, 0.2) is 0 Å². The van der Waals surface area contributed by atoms with Gasteiger partial charge in [-0.05, 0) is 49.4 Å². The Balaban J connectivity index is 1.69. The minimum absolute atomic E-state index is 0.0652. The summed E-state index contributed by atoms with van der Waals surface area (Å²) in [5.74, 6) is -0.0693. The molecule has 1 heterocycles. The third-order valence-corrected chi connectivity index (χ3v) is 4.10. The molecule has 0 unspecified atom stereocenters. The van der Waals surface area contributed by atoms with E-state index < -0.39 is 17.3 Å². The second-order valence-electron chi connectivity index (χ2n) is 6.10. The molecule has 0 aliphatic rings. The van der Waals surface area contributed by atoms with E-state index in [0.29, 0.717) is 23.7 Å². The molecule has 0 atom stereocenters. The smallest absolute Gasteiger partial charge is 0.294 e. The maximum Gasteiger partial charge on any atom is 0.294 e. The zero-order valence-corrected chi connectivity index (χ0v) is 16.4. The zero-order valence-electron chi connectivity index (χ0n) is 16.4. The molecule has 0 saturated carbocycles. The number of carbonyl (C=O) groups excluding carboxylic acids is 1. The van der Waals surface area contributed by atoms with Crippen LogP contribution in [0, 0.1) is 5.82 Å². The molecule has 2 aromatic carbocycles. The van der Waals surface area contributed by atoms with Crippen LogP contribution < -0.4 is 20.5 Å². The van der Waals surface area contributed by atoms with Gasteiger partial charge >= 0.3 is 0 Å². The average Bonchev–Trinajstić information content (AvgIpc) is 2.76. The van der Waals surface area contributed by atoms with Gasteiger partial charge in [0.25, 0.3) is 11.5 Å². The average molecular weight is 413 g/mol. The van der Waals surface area contributed by atoms with Gasteiger partial charge in [-0.3, -0.25) is 14.4 Å². The third-order valence-electron chi connectivity index (χ3n) is 4.10. The van der Waals surface area contributed by atoms with Gasteiger partial charge in [0.1, 0.15) is 35.3 Å². The predicted molar refractivity (Wildman–Crippen MR) is 107 cm³/mol. The highest BCUT2D eigenvalue weighted by molar-refractivity contribution is 5.91. The van der Waals surface area contributed by atoms with E-state index in [1.165, 1.54) is 31.5 Å². The SMILES string of the molecule is CCOc1ccc(-c2nc(C(=O)NOCc3cc(OC)ccc3F)c[nH]c2=O)cc1. The van der Waals surface area contributed by atoms with Crippen molar-refractivity contribution in [1.29, 1.82) is 0 Å². The molecule has 1 amide bonds. The number of aromatic nitrogens is 2. The summed E-state index contributed by atoms with van der Waals surface area (Å²) in [5.41, 5.74) is 2.47. The number of aromatic amines is 1. The summed E-state index contributed by atoms with van der Waals surface area (Å²) in [6.07, 6.45) is 1.17. The number of ether oxygens (including phenoxy) is 2. The van der Waals surface area contributed by atoms with Crippen LogP contribution in [0.25, 0.3) is 11.3 Å². The Labute approximate surface area is 171 Å². The fourth-order valence-corrected chi connectivity index (χ4v) is 2.61. The van der Waals surface area contributed by atoms with Crippen LogP contribution in [0.2, 0.25) is 0 Å². The van der Waals surface area contributed by atoms with Crippen molar-refractivity contribution in [1.82, 2.24) is 15.4 Å². The van der Waals surface area contributed by atoms with E-state index >= 15 is 0 Å². The highest BCUT2D eigenvalue weighted by Crippen LogP contribution is 2.19. The normalized spacial score (nSPS) is 10.5. The van der Waals surface area contributed by atoms with Crippen molar-refractivity contribution in [2.45, 2.75) is 13.5 Å². The number of H-pyrrole nitrogens is 1. The van der Waals surface area contributed by atoms with E-state index in [0.717, 1.165) is 0 Å². The third kappa shape index (κ3) is 5.00. The zero-order chi connectivity index (χ0) is 21.5. The van der Waals surface area contributed by atoms with Gasteiger partial charge in [-0.15, -0.1) is 0 Å². The molecule has 0 radical (unpaired) electrons. The molecule has 9 heteroatoms. The van der Waals surface area contributed by atoms with E-state index in [4.69, 9.17) is 14.3 Å². The number of amides is 1. The number of hydrogen-bond acceptors (Lipinski definition) is 6.